The van der Waals surface area contributed by atoms with Crippen LogP contribution in [0.25, 0.3) is 10.9 Å². The van der Waals surface area contributed by atoms with E-state index < -0.39 is 5.91 Å². The molecule has 0 bridgehead atoms. The van der Waals surface area contributed by atoms with Crippen LogP contribution < -0.4 is 11.1 Å². The maximum absolute atomic E-state index is 11.5. The van der Waals surface area contributed by atoms with Crippen molar-refractivity contribution in [3.63, 3.8) is 0 Å². The molecule has 1 amide bonds. The number of amides is 1. The molecule has 0 atom stereocenters. The number of nitrogens with one attached hydrogen (secondary N) is 1. The number of rotatable bonds is 4. The number of hydrogen-bond acceptors (Lipinski definition) is 5. The van der Waals surface area contributed by atoms with Gasteiger partial charge >= 0.3 is 0 Å². The van der Waals surface area contributed by atoms with Crippen molar-refractivity contribution in [2.75, 3.05) is 0 Å². The third-order valence-corrected chi connectivity index (χ3v) is 4.17. The van der Waals surface area contributed by atoms with Gasteiger partial charge in [-0.3, -0.25) is 4.79 Å². The van der Waals surface area contributed by atoms with Gasteiger partial charge in [-0.25, -0.2) is 9.97 Å². The first kappa shape index (κ1) is 14.9. The van der Waals surface area contributed by atoms with E-state index >= 15 is 0 Å². The SMILES string of the molecule is NC(=O)c1cccc2cnc(CNC3CCC(O)CC3)nc12. The van der Waals surface area contributed by atoms with Gasteiger partial charge in [-0.15, -0.1) is 0 Å². The van der Waals surface area contributed by atoms with Gasteiger partial charge in [0.1, 0.15) is 5.82 Å². The summed E-state index contributed by atoms with van der Waals surface area (Å²) in [7, 11) is 0. The molecular weight excluding hydrogens is 280 g/mol. The van der Waals surface area contributed by atoms with Gasteiger partial charge < -0.3 is 16.2 Å². The number of carbonyl (C=O) groups excluding carboxylic acids is 1. The Hall–Kier alpha value is -2.05. The van der Waals surface area contributed by atoms with Crippen molar-refractivity contribution in [2.24, 2.45) is 5.73 Å². The highest BCUT2D eigenvalue weighted by Gasteiger charge is 2.19. The average molecular weight is 300 g/mol. The van der Waals surface area contributed by atoms with E-state index in [0.29, 0.717) is 29.5 Å². The van der Waals surface area contributed by atoms with Crippen LogP contribution in [0, 0.1) is 0 Å². The minimum Gasteiger partial charge on any atom is -0.393 e. The second kappa shape index (κ2) is 6.37. The van der Waals surface area contributed by atoms with E-state index in [4.69, 9.17) is 5.73 Å². The first-order valence-corrected chi connectivity index (χ1v) is 7.59. The molecule has 1 fully saturated rings. The molecule has 0 radical (unpaired) electrons. The van der Waals surface area contributed by atoms with Crippen LogP contribution in [-0.2, 0) is 6.54 Å². The minimum absolute atomic E-state index is 0.159. The zero-order valence-corrected chi connectivity index (χ0v) is 12.3. The number of hydrogen-bond donors (Lipinski definition) is 3. The Kier molecular flexibility index (Phi) is 4.31. The highest BCUT2D eigenvalue weighted by atomic mass is 16.3. The summed E-state index contributed by atoms with van der Waals surface area (Å²) in [5, 5.41) is 13.7. The number of benzene rings is 1. The van der Waals surface area contributed by atoms with E-state index in [0.717, 1.165) is 31.1 Å². The third kappa shape index (κ3) is 3.23. The quantitative estimate of drug-likeness (QED) is 0.785. The van der Waals surface area contributed by atoms with Crippen LogP contribution in [0.1, 0.15) is 41.9 Å². The molecule has 1 aromatic carbocycles. The maximum atomic E-state index is 11.5. The molecule has 116 valence electrons. The lowest BCUT2D eigenvalue weighted by molar-refractivity contribution is 0.100. The summed E-state index contributed by atoms with van der Waals surface area (Å²) < 4.78 is 0. The van der Waals surface area contributed by atoms with Gasteiger partial charge in [0.05, 0.1) is 23.7 Å². The Morgan fingerprint density at radius 1 is 1.32 bits per heavy atom. The van der Waals surface area contributed by atoms with Crippen molar-refractivity contribution in [2.45, 2.75) is 44.4 Å². The molecule has 3 rings (SSSR count). The Labute approximate surface area is 128 Å². The van der Waals surface area contributed by atoms with Crippen molar-refractivity contribution in [1.82, 2.24) is 15.3 Å². The fourth-order valence-corrected chi connectivity index (χ4v) is 2.89. The van der Waals surface area contributed by atoms with E-state index in [-0.39, 0.29) is 6.10 Å². The predicted molar refractivity (Wildman–Crippen MR) is 83.2 cm³/mol. The number of primary amides is 1. The van der Waals surface area contributed by atoms with Gasteiger partial charge in [-0.2, -0.15) is 0 Å². The van der Waals surface area contributed by atoms with Gasteiger partial charge in [0.2, 0.25) is 0 Å². The summed E-state index contributed by atoms with van der Waals surface area (Å²) in [4.78, 5) is 20.3. The van der Waals surface area contributed by atoms with Gasteiger partial charge in [0, 0.05) is 17.6 Å². The van der Waals surface area contributed by atoms with Crippen molar-refractivity contribution in [3.05, 3.63) is 35.8 Å². The van der Waals surface area contributed by atoms with Gasteiger partial charge in [-0.1, -0.05) is 12.1 Å². The fourth-order valence-electron chi connectivity index (χ4n) is 2.89. The molecule has 4 N–H and O–H groups in total. The predicted octanol–water partition coefficient (Wildman–Crippen LogP) is 1.12. The number of aliphatic hydroxyl groups is 1. The Bertz CT molecular complexity index is 681. The summed E-state index contributed by atoms with van der Waals surface area (Å²) in [6.45, 7) is 0.545. The molecule has 0 saturated heterocycles. The molecule has 1 heterocycles. The normalized spacial score (nSPS) is 21.9. The van der Waals surface area contributed by atoms with Gasteiger partial charge in [-0.05, 0) is 31.7 Å². The molecule has 6 nitrogen and oxygen atoms in total. The van der Waals surface area contributed by atoms with E-state index in [1.807, 2.05) is 6.07 Å². The van der Waals surface area contributed by atoms with Crippen molar-refractivity contribution in [1.29, 1.82) is 0 Å². The molecule has 1 aliphatic rings. The molecule has 2 aromatic rings. The minimum atomic E-state index is -0.482. The summed E-state index contributed by atoms with van der Waals surface area (Å²) in [5.41, 5.74) is 6.41. The molecular formula is C16H20N4O2. The van der Waals surface area contributed by atoms with Crippen LogP contribution >= 0.6 is 0 Å². The first-order chi connectivity index (χ1) is 10.6. The number of fused-ring (bicyclic) bond motifs is 1. The van der Waals surface area contributed by atoms with E-state index in [1.54, 1.807) is 18.3 Å². The van der Waals surface area contributed by atoms with Gasteiger partial charge in [0.15, 0.2) is 0 Å². The number of nitrogens with two attached hydrogens (primary N) is 1. The highest BCUT2D eigenvalue weighted by molar-refractivity contribution is 6.04. The smallest absolute Gasteiger partial charge is 0.250 e. The fraction of sp³-hybridized carbons (Fsp3) is 0.438. The van der Waals surface area contributed by atoms with Crippen LogP contribution in [0.15, 0.2) is 24.4 Å². The van der Waals surface area contributed by atoms with Gasteiger partial charge in [0.25, 0.3) is 5.91 Å². The molecule has 0 unspecified atom stereocenters. The largest absolute Gasteiger partial charge is 0.393 e. The molecule has 22 heavy (non-hydrogen) atoms. The number of aliphatic hydroxyl groups excluding tert-OH is 1. The number of nitrogens with zero attached hydrogens (tertiary/aromatic N) is 2. The standard InChI is InChI=1S/C16H20N4O2/c17-16(22)13-3-1-2-10-8-19-14(20-15(10)13)9-18-11-4-6-12(21)7-5-11/h1-3,8,11-12,18,21H,4-7,9H2,(H2,17,22). The molecule has 6 heteroatoms. The molecule has 1 aromatic heterocycles. The highest BCUT2D eigenvalue weighted by Crippen LogP contribution is 2.19. The lowest BCUT2D eigenvalue weighted by Gasteiger charge is -2.26. The van der Waals surface area contributed by atoms with E-state index in [1.165, 1.54) is 0 Å². The second-order valence-corrected chi connectivity index (χ2v) is 5.78. The Morgan fingerprint density at radius 3 is 2.82 bits per heavy atom. The summed E-state index contributed by atoms with van der Waals surface area (Å²) in [6, 6.07) is 5.70. The van der Waals surface area contributed by atoms with Crippen LogP contribution in [-0.4, -0.2) is 33.1 Å². The van der Waals surface area contributed by atoms with Crippen LogP contribution in [0.5, 0.6) is 0 Å². The van der Waals surface area contributed by atoms with Crippen molar-refractivity contribution < 1.29 is 9.90 Å². The lowest BCUT2D eigenvalue weighted by Crippen LogP contribution is -2.34. The summed E-state index contributed by atoms with van der Waals surface area (Å²) in [6.07, 6.45) is 5.15. The summed E-state index contributed by atoms with van der Waals surface area (Å²) in [5.74, 6) is 0.164. The lowest BCUT2D eigenvalue weighted by atomic mass is 9.93. The van der Waals surface area contributed by atoms with Crippen molar-refractivity contribution in [3.8, 4) is 0 Å². The Morgan fingerprint density at radius 2 is 2.09 bits per heavy atom. The number of para-hydroxylation sites is 1. The van der Waals surface area contributed by atoms with Crippen molar-refractivity contribution >= 4 is 16.8 Å². The van der Waals surface area contributed by atoms with Crippen LogP contribution in [0.4, 0.5) is 0 Å². The first-order valence-electron chi connectivity index (χ1n) is 7.59. The van der Waals surface area contributed by atoms with Crippen LogP contribution in [0.3, 0.4) is 0 Å². The molecule has 1 aliphatic carbocycles. The maximum Gasteiger partial charge on any atom is 0.250 e. The average Bonchev–Trinajstić information content (AvgIpc) is 2.53. The number of aromatic nitrogens is 2. The van der Waals surface area contributed by atoms with E-state index in [9.17, 15) is 9.90 Å². The monoisotopic (exact) mass is 300 g/mol. The third-order valence-electron chi connectivity index (χ3n) is 4.17. The Balaban J connectivity index is 1.74. The molecule has 0 spiro atoms. The number of carbonyl (C=O) groups is 1. The van der Waals surface area contributed by atoms with Crippen LogP contribution in [0.2, 0.25) is 0 Å². The molecule has 1 saturated carbocycles. The second-order valence-electron chi connectivity index (χ2n) is 5.78. The topological polar surface area (TPSA) is 101 Å². The zero-order chi connectivity index (χ0) is 15.5. The molecule has 0 aliphatic heterocycles. The van der Waals surface area contributed by atoms with E-state index in [2.05, 4.69) is 15.3 Å². The zero-order valence-electron chi connectivity index (χ0n) is 12.3. The summed E-state index contributed by atoms with van der Waals surface area (Å²) >= 11 is 0.